The molecule has 0 radical (unpaired) electrons. The summed E-state index contributed by atoms with van der Waals surface area (Å²) < 4.78 is 8.20. The number of aryl methyl sites for hydroxylation is 2. The Kier molecular flexibility index (Phi) is 3.06. The van der Waals surface area contributed by atoms with Gasteiger partial charge < -0.3 is 14.0 Å². The minimum atomic E-state index is 0.790. The van der Waals surface area contributed by atoms with Crippen LogP contribution in [0.1, 0.15) is 18.4 Å². The van der Waals surface area contributed by atoms with Crippen molar-refractivity contribution in [2.24, 2.45) is 0 Å². The molecule has 2 heterocycles. The maximum atomic E-state index is 5.29. The minimum absolute atomic E-state index is 0.790. The van der Waals surface area contributed by atoms with Crippen LogP contribution in [-0.2, 0) is 19.4 Å². The standard InChI is InChI=1S/C11H14N2OS/c1-2-9-8-12-11(15)13(9)6-5-10-4-3-7-14-10/h3-4,7-8H,2,5-6H2,1H3,(H,12,15). The molecule has 0 fully saturated rings. The van der Waals surface area contributed by atoms with Crippen LogP contribution in [0, 0.1) is 4.77 Å². The predicted molar refractivity (Wildman–Crippen MR) is 61.4 cm³/mol. The second-order valence-electron chi connectivity index (χ2n) is 3.42. The van der Waals surface area contributed by atoms with Crippen LogP contribution in [-0.4, -0.2) is 9.55 Å². The molecular weight excluding hydrogens is 208 g/mol. The highest BCUT2D eigenvalue weighted by Crippen LogP contribution is 2.07. The molecule has 0 unspecified atom stereocenters. The maximum Gasteiger partial charge on any atom is 0.177 e. The van der Waals surface area contributed by atoms with Crippen molar-refractivity contribution >= 4 is 12.2 Å². The van der Waals surface area contributed by atoms with Gasteiger partial charge >= 0.3 is 0 Å². The quantitative estimate of drug-likeness (QED) is 0.807. The molecule has 2 rings (SSSR count). The minimum Gasteiger partial charge on any atom is -0.469 e. The highest BCUT2D eigenvalue weighted by molar-refractivity contribution is 7.71. The van der Waals surface area contributed by atoms with Gasteiger partial charge in [0.25, 0.3) is 0 Å². The van der Waals surface area contributed by atoms with Crippen LogP contribution in [0.4, 0.5) is 0 Å². The van der Waals surface area contributed by atoms with E-state index >= 15 is 0 Å². The fourth-order valence-corrected chi connectivity index (χ4v) is 1.91. The molecule has 0 bridgehead atoms. The maximum absolute atomic E-state index is 5.29. The molecule has 4 heteroatoms. The Bertz CT molecular complexity index is 467. The summed E-state index contributed by atoms with van der Waals surface area (Å²) in [6.07, 6.45) is 5.55. The number of hydrogen-bond donors (Lipinski definition) is 1. The molecule has 0 aliphatic carbocycles. The number of H-pyrrole nitrogens is 1. The van der Waals surface area contributed by atoms with Crippen molar-refractivity contribution in [2.45, 2.75) is 26.3 Å². The first-order valence-corrected chi connectivity index (χ1v) is 5.51. The lowest BCUT2D eigenvalue weighted by Crippen LogP contribution is -2.04. The summed E-state index contributed by atoms with van der Waals surface area (Å²) >= 11 is 5.21. The Balaban J connectivity index is 2.10. The van der Waals surface area contributed by atoms with Gasteiger partial charge in [-0.15, -0.1) is 0 Å². The van der Waals surface area contributed by atoms with E-state index in [2.05, 4.69) is 16.5 Å². The van der Waals surface area contributed by atoms with Crippen molar-refractivity contribution in [3.05, 3.63) is 40.8 Å². The first-order chi connectivity index (χ1) is 7.31. The first kappa shape index (κ1) is 10.2. The van der Waals surface area contributed by atoms with Crippen molar-refractivity contribution < 1.29 is 4.42 Å². The lowest BCUT2D eigenvalue weighted by molar-refractivity contribution is 0.487. The number of aromatic nitrogens is 2. The zero-order valence-corrected chi connectivity index (χ0v) is 9.51. The molecule has 0 aliphatic rings. The summed E-state index contributed by atoms with van der Waals surface area (Å²) in [6, 6.07) is 3.90. The molecule has 15 heavy (non-hydrogen) atoms. The van der Waals surface area contributed by atoms with Gasteiger partial charge in [-0.1, -0.05) is 6.92 Å². The van der Waals surface area contributed by atoms with Crippen molar-refractivity contribution in [3.63, 3.8) is 0 Å². The topological polar surface area (TPSA) is 33.9 Å². The molecular formula is C11H14N2OS. The number of imidazole rings is 1. The fraction of sp³-hybridized carbons (Fsp3) is 0.364. The summed E-state index contributed by atoms with van der Waals surface area (Å²) in [7, 11) is 0. The van der Waals surface area contributed by atoms with E-state index < -0.39 is 0 Å². The largest absolute Gasteiger partial charge is 0.469 e. The van der Waals surface area contributed by atoms with Gasteiger partial charge in [0.15, 0.2) is 4.77 Å². The van der Waals surface area contributed by atoms with Crippen LogP contribution in [0.25, 0.3) is 0 Å². The average molecular weight is 222 g/mol. The number of nitrogens with one attached hydrogen (secondary N) is 1. The van der Waals surface area contributed by atoms with Gasteiger partial charge in [-0.25, -0.2) is 0 Å². The molecule has 0 saturated heterocycles. The number of furan rings is 1. The van der Waals surface area contributed by atoms with Crippen LogP contribution >= 0.6 is 12.2 Å². The fourth-order valence-electron chi connectivity index (χ4n) is 1.65. The highest BCUT2D eigenvalue weighted by atomic mass is 32.1. The van der Waals surface area contributed by atoms with E-state index in [1.54, 1.807) is 6.26 Å². The highest BCUT2D eigenvalue weighted by Gasteiger charge is 2.03. The smallest absolute Gasteiger partial charge is 0.177 e. The van der Waals surface area contributed by atoms with Crippen molar-refractivity contribution in [1.29, 1.82) is 0 Å². The molecule has 1 N–H and O–H groups in total. The van der Waals surface area contributed by atoms with Gasteiger partial charge in [-0.3, -0.25) is 0 Å². The third-order valence-electron chi connectivity index (χ3n) is 2.48. The van der Waals surface area contributed by atoms with Gasteiger partial charge in [0, 0.05) is 24.9 Å². The van der Waals surface area contributed by atoms with Crippen LogP contribution in [0.15, 0.2) is 29.0 Å². The van der Waals surface area contributed by atoms with E-state index in [-0.39, 0.29) is 0 Å². The molecule has 0 spiro atoms. The molecule has 0 amide bonds. The summed E-state index contributed by atoms with van der Waals surface area (Å²) in [5.41, 5.74) is 1.24. The lowest BCUT2D eigenvalue weighted by Gasteiger charge is -2.04. The second kappa shape index (κ2) is 4.49. The van der Waals surface area contributed by atoms with Crippen LogP contribution in [0.2, 0.25) is 0 Å². The number of aromatic amines is 1. The Labute approximate surface area is 93.7 Å². The first-order valence-electron chi connectivity index (χ1n) is 5.10. The normalized spacial score (nSPS) is 10.7. The van der Waals surface area contributed by atoms with Crippen molar-refractivity contribution in [3.8, 4) is 0 Å². The van der Waals surface area contributed by atoms with E-state index in [0.29, 0.717) is 0 Å². The molecule has 0 atom stereocenters. The zero-order valence-electron chi connectivity index (χ0n) is 8.69. The average Bonchev–Trinajstić information content (AvgIpc) is 2.84. The molecule has 0 aromatic carbocycles. The van der Waals surface area contributed by atoms with Crippen LogP contribution in [0.3, 0.4) is 0 Å². The Morgan fingerprint density at radius 2 is 2.40 bits per heavy atom. The molecule has 0 aliphatic heterocycles. The van der Waals surface area contributed by atoms with E-state index in [1.165, 1.54) is 5.69 Å². The van der Waals surface area contributed by atoms with E-state index in [4.69, 9.17) is 16.6 Å². The third kappa shape index (κ3) is 2.21. The van der Waals surface area contributed by atoms with Crippen LogP contribution < -0.4 is 0 Å². The molecule has 2 aromatic rings. The number of nitrogens with zero attached hydrogens (tertiary/aromatic N) is 1. The van der Waals surface area contributed by atoms with Gasteiger partial charge in [0.2, 0.25) is 0 Å². The molecule has 80 valence electrons. The predicted octanol–water partition coefficient (Wildman–Crippen LogP) is 2.94. The van der Waals surface area contributed by atoms with E-state index in [1.807, 2.05) is 18.3 Å². The van der Waals surface area contributed by atoms with E-state index in [0.717, 1.165) is 29.9 Å². The Morgan fingerprint density at radius 1 is 1.53 bits per heavy atom. The Morgan fingerprint density at radius 3 is 3.07 bits per heavy atom. The summed E-state index contributed by atoms with van der Waals surface area (Å²) in [5, 5.41) is 0. The number of hydrogen-bond acceptors (Lipinski definition) is 2. The van der Waals surface area contributed by atoms with Crippen molar-refractivity contribution in [1.82, 2.24) is 9.55 Å². The van der Waals surface area contributed by atoms with Crippen molar-refractivity contribution in [2.75, 3.05) is 0 Å². The molecule has 3 nitrogen and oxygen atoms in total. The van der Waals surface area contributed by atoms with Gasteiger partial charge in [-0.05, 0) is 30.8 Å². The number of rotatable bonds is 4. The summed E-state index contributed by atoms with van der Waals surface area (Å²) in [6.45, 7) is 3.00. The summed E-state index contributed by atoms with van der Waals surface area (Å²) in [5.74, 6) is 1.00. The second-order valence-corrected chi connectivity index (χ2v) is 3.81. The van der Waals surface area contributed by atoms with Gasteiger partial charge in [0.05, 0.1) is 6.26 Å². The van der Waals surface area contributed by atoms with Crippen LogP contribution in [0.5, 0.6) is 0 Å². The lowest BCUT2D eigenvalue weighted by atomic mass is 10.3. The Hall–Kier alpha value is -1.29. The molecule has 0 saturated carbocycles. The summed E-state index contributed by atoms with van der Waals surface area (Å²) in [4.78, 5) is 3.07. The molecule has 2 aromatic heterocycles. The third-order valence-corrected chi connectivity index (χ3v) is 2.82. The monoisotopic (exact) mass is 222 g/mol. The zero-order chi connectivity index (χ0) is 10.7. The SMILES string of the molecule is CCc1c[nH]c(=S)n1CCc1ccco1. The van der Waals surface area contributed by atoms with E-state index in [9.17, 15) is 0 Å². The van der Waals surface area contributed by atoms with Gasteiger partial charge in [-0.2, -0.15) is 0 Å². The van der Waals surface area contributed by atoms with Gasteiger partial charge in [0.1, 0.15) is 5.76 Å².